The van der Waals surface area contributed by atoms with E-state index < -0.39 is 12.0 Å². The number of carboxylic acids is 1. The Bertz CT molecular complexity index is 591. The van der Waals surface area contributed by atoms with Gasteiger partial charge in [0.2, 0.25) is 5.91 Å². The zero-order valence-corrected chi connectivity index (χ0v) is 12.6. The molecule has 0 unspecified atom stereocenters. The van der Waals surface area contributed by atoms with E-state index in [1.807, 2.05) is 0 Å². The zero-order chi connectivity index (χ0) is 15.4. The second-order valence-corrected chi connectivity index (χ2v) is 5.41. The monoisotopic (exact) mass is 355 g/mol. The van der Waals surface area contributed by atoms with Gasteiger partial charge in [0.1, 0.15) is 6.54 Å². The number of amides is 3. The van der Waals surface area contributed by atoms with Crippen LogP contribution in [-0.2, 0) is 4.79 Å². The molecule has 1 aromatic carbocycles. The smallest absolute Gasteiger partial charge is 0.336 e. The van der Waals surface area contributed by atoms with Gasteiger partial charge in [-0.25, -0.2) is 9.59 Å². The highest BCUT2D eigenvalue weighted by atomic mass is 79.9. The maximum atomic E-state index is 12.1. The molecule has 112 valence electrons. The number of nitrogens with zero attached hydrogens (tertiary/aromatic N) is 1. The van der Waals surface area contributed by atoms with Crippen molar-refractivity contribution in [3.63, 3.8) is 0 Å². The Labute approximate surface area is 129 Å². The van der Waals surface area contributed by atoms with Crippen molar-refractivity contribution in [3.8, 4) is 0 Å². The number of halogens is 1. The summed E-state index contributed by atoms with van der Waals surface area (Å²) in [5.74, 6) is -1.29. The number of carbonyl (C=O) groups excluding carboxylic acids is 2. The van der Waals surface area contributed by atoms with E-state index in [1.54, 1.807) is 12.1 Å². The van der Waals surface area contributed by atoms with Gasteiger partial charge in [-0.2, -0.15) is 0 Å². The standard InChI is InChI=1S/C13H14BrN3O4/c14-10-3-2-8(6-9(10)12(19)20)16-13(21)17-5-1-4-15-11(18)7-17/h2-3,6H,1,4-5,7H2,(H,15,18)(H,16,21)(H,19,20). The molecular formula is C13H14BrN3O4. The van der Waals surface area contributed by atoms with Crippen molar-refractivity contribution < 1.29 is 19.5 Å². The molecule has 2 rings (SSSR count). The number of hydrogen-bond donors (Lipinski definition) is 3. The molecule has 3 N–H and O–H groups in total. The Hall–Kier alpha value is -2.09. The Balaban J connectivity index is 2.10. The topological polar surface area (TPSA) is 98.7 Å². The molecule has 7 nitrogen and oxygen atoms in total. The first-order valence-electron chi connectivity index (χ1n) is 6.33. The maximum absolute atomic E-state index is 12.1. The maximum Gasteiger partial charge on any atom is 0.336 e. The summed E-state index contributed by atoms with van der Waals surface area (Å²) in [4.78, 5) is 36.0. The van der Waals surface area contributed by atoms with Crippen molar-refractivity contribution in [3.05, 3.63) is 28.2 Å². The van der Waals surface area contributed by atoms with Gasteiger partial charge in [0.05, 0.1) is 5.56 Å². The van der Waals surface area contributed by atoms with Crippen LogP contribution in [0.25, 0.3) is 0 Å². The Morgan fingerprint density at radius 2 is 2.14 bits per heavy atom. The lowest BCUT2D eigenvalue weighted by Crippen LogP contribution is -2.39. The fourth-order valence-corrected chi connectivity index (χ4v) is 2.37. The van der Waals surface area contributed by atoms with Crippen LogP contribution in [0, 0.1) is 0 Å². The van der Waals surface area contributed by atoms with Gasteiger partial charge in [-0.1, -0.05) is 0 Å². The molecule has 1 aliphatic heterocycles. The third-order valence-corrected chi connectivity index (χ3v) is 3.69. The molecule has 3 amide bonds. The van der Waals surface area contributed by atoms with Gasteiger partial charge < -0.3 is 20.6 Å². The summed E-state index contributed by atoms with van der Waals surface area (Å²) in [6, 6.07) is 4.08. The van der Waals surface area contributed by atoms with Crippen LogP contribution >= 0.6 is 15.9 Å². The van der Waals surface area contributed by atoms with E-state index in [2.05, 4.69) is 26.6 Å². The van der Waals surface area contributed by atoms with Crippen molar-refractivity contribution in [1.29, 1.82) is 0 Å². The molecule has 0 spiro atoms. The third-order valence-electron chi connectivity index (χ3n) is 3.00. The van der Waals surface area contributed by atoms with E-state index >= 15 is 0 Å². The van der Waals surface area contributed by atoms with Gasteiger partial charge in [0.15, 0.2) is 0 Å². The Kier molecular flexibility index (Phi) is 4.79. The molecule has 1 aromatic rings. The molecule has 8 heteroatoms. The zero-order valence-electron chi connectivity index (χ0n) is 11.1. The molecule has 0 bridgehead atoms. The summed E-state index contributed by atoms with van der Waals surface area (Å²) in [6.07, 6.45) is 0.680. The van der Waals surface area contributed by atoms with Crippen LogP contribution in [0.15, 0.2) is 22.7 Å². The van der Waals surface area contributed by atoms with Crippen molar-refractivity contribution in [2.75, 3.05) is 25.0 Å². The lowest BCUT2D eigenvalue weighted by molar-refractivity contribution is -0.120. The predicted octanol–water partition coefficient (Wildman–Crippen LogP) is 1.50. The van der Waals surface area contributed by atoms with Crippen LogP contribution in [0.1, 0.15) is 16.8 Å². The van der Waals surface area contributed by atoms with E-state index in [1.165, 1.54) is 11.0 Å². The van der Waals surface area contributed by atoms with Crippen molar-refractivity contribution >= 4 is 39.5 Å². The van der Waals surface area contributed by atoms with Crippen molar-refractivity contribution in [2.24, 2.45) is 0 Å². The number of rotatable bonds is 2. The molecule has 21 heavy (non-hydrogen) atoms. The van der Waals surface area contributed by atoms with Crippen LogP contribution in [-0.4, -0.2) is 47.5 Å². The second-order valence-electron chi connectivity index (χ2n) is 4.55. The quantitative estimate of drug-likeness (QED) is 0.748. The fraction of sp³-hybridized carbons (Fsp3) is 0.308. The molecule has 1 saturated heterocycles. The minimum atomic E-state index is -1.09. The van der Waals surface area contributed by atoms with Gasteiger partial charge in [-0.05, 0) is 40.5 Å². The first kappa shape index (κ1) is 15.3. The summed E-state index contributed by atoms with van der Waals surface area (Å²) >= 11 is 3.14. The van der Waals surface area contributed by atoms with E-state index in [9.17, 15) is 14.4 Å². The first-order chi connectivity index (χ1) is 9.97. The molecule has 1 fully saturated rings. The SMILES string of the molecule is O=C1CN(C(=O)Nc2ccc(Br)c(C(=O)O)c2)CCCN1. The second kappa shape index (κ2) is 6.57. The highest BCUT2D eigenvalue weighted by Gasteiger charge is 2.20. The first-order valence-corrected chi connectivity index (χ1v) is 7.12. The molecule has 0 saturated carbocycles. The summed E-state index contributed by atoms with van der Waals surface area (Å²) < 4.78 is 0.433. The summed E-state index contributed by atoms with van der Waals surface area (Å²) in [5, 5.41) is 14.3. The van der Waals surface area contributed by atoms with E-state index in [0.29, 0.717) is 29.7 Å². The molecule has 0 atom stereocenters. The molecule has 1 aliphatic rings. The fourth-order valence-electron chi connectivity index (χ4n) is 1.95. The molecule has 0 radical (unpaired) electrons. The highest BCUT2D eigenvalue weighted by Crippen LogP contribution is 2.21. The van der Waals surface area contributed by atoms with Crippen LogP contribution in [0.4, 0.5) is 10.5 Å². The average Bonchev–Trinajstić information content (AvgIpc) is 2.65. The number of carboxylic acid groups (broad SMARTS) is 1. The van der Waals surface area contributed by atoms with Crippen LogP contribution in [0.5, 0.6) is 0 Å². The molecule has 1 heterocycles. The lowest BCUT2D eigenvalue weighted by atomic mass is 10.2. The predicted molar refractivity (Wildman–Crippen MR) is 79.3 cm³/mol. The Morgan fingerprint density at radius 1 is 1.38 bits per heavy atom. The van der Waals surface area contributed by atoms with Crippen LogP contribution in [0.2, 0.25) is 0 Å². The minimum Gasteiger partial charge on any atom is -0.478 e. The number of carbonyl (C=O) groups is 3. The van der Waals surface area contributed by atoms with Crippen molar-refractivity contribution in [2.45, 2.75) is 6.42 Å². The minimum absolute atomic E-state index is 0.00580. The number of benzene rings is 1. The van der Waals surface area contributed by atoms with E-state index in [0.717, 1.165) is 0 Å². The van der Waals surface area contributed by atoms with E-state index in [4.69, 9.17) is 5.11 Å². The molecule has 0 aliphatic carbocycles. The van der Waals surface area contributed by atoms with E-state index in [-0.39, 0.29) is 18.0 Å². The normalized spacial score (nSPS) is 15.1. The van der Waals surface area contributed by atoms with Gasteiger partial charge in [0.25, 0.3) is 0 Å². The number of anilines is 1. The van der Waals surface area contributed by atoms with Gasteiger partial charge in [-0.15, -0.1) is 0 Å². The van der Waals surface area contributed by atoms with Crippen LogP contribution in [0.3, 0.4) is 0 Å². The van der Waals surface area contributed by atoms with Gasteiger partial charge in [-0.3, -0.25) is 4.79 Å². The summed E-state index contributed by atoms with van der Waals surface area (Å²) in [7, 11) is 0. The largest absolute Gasteiger partial charge is 0.478 e. The average molecular weight is 356 g/mol. The number of urea groups is 1. The van der Waals surface area contributed by atoms with Gasteiger partial charge in [0, 0.05) is 23.2 Å². The Morgan fingerprint density at radius 3 is 2.86 bits per heavy atom. The number of aromatic carboxylic acids is 1. The summed E-state index contributed by atoms with van der Waals surface area (Å²) in [5.41, 5.74) is 0.423. The third kappa shape index (κ3) is 3.94. The van der Waals surface area contributed by atoms with Crippen LogP contribution < -0.4 is 10.6 Å². The number of hydrogen-bond acceptors (Lipinski definition) is 3. The lowest BCUT2D eigenvalue weighted by Gasteiger charge is -2.19. The van der Waals surface area contributed by atoms with Gasteiger partial charge >= 0.3 is 12.0 Å². The molecular weight excluding hydrogens is 342 g/mol. The molecule has 0 aromatic heterocycles. The number of nitrogens with one attached hydrogen (secondary N) is 2. The highest BCUT2D eigenvalue weighted by molar-refractivity contribution is 9.10. The summed E-state index contributed by atoms with van der Waals surface area (Å²) in [6.45, 7) is 1.01. The van der Waals surface area contributed by atoms with Crippen molar-refractivity contribution in [1.82, 2.24) is 10.2 Å².